The molecular weight excluding hydrogens is 273 g/mol. The number of piperidine rings is 1. The van der Waals surface area contributed by atoms with Crippen LogP contribution in [0, 0.1) is 5.82 Å². The maximum absolute atomic E-state index is 13.3. The summed E-state index contributed by atoms with van der Waals surface area (Å²) in [7, 11) is 1.65. The third-order valence-corrected chi connectivity index (χ3v) is 3.70. The third-order valence-electron chi connectivity index (χ3n) is 3.70. The average Bonchev–Trinajstić information content (AvgIpc) is 2.48. The molecule has 2 N–H and O–H groups in total. The number of aliphatic hydroxyl groups is 1. The van der Waals surface area contributed by atoms with Crippen LogP contribution in [-0.4, -0.2) is 55.4 Å². The second kappa shape index (κ2) is 7.26. The van der Waals surface area contributed by atoms with Gasteiger partial charge in [-0.15, -0.1) is 0 Å². The normalized spacial score (nSPS) is 18.4. The minimum atomic E-state index is -0.249. The molecule has 1 aliphatic rings. The van der Waals surface area contributed by atoms with E-state index < -0.39 is 0 Å². The molecule has 0 spiro atoms. The first-order chi connectivity index (χ1) is 10.1. The van der Waals surface area contributed by atoms with E-state index in [-0.39, 0.29) is 24.5 Å². The van der Waals surface area contributed by atoms with Crippen LogP contribution < -0.4 is 10.2 Å². The van der Waals surface area contributed by atoms with Crippen LogP contribution in [0.4, 0.5) is 14.9 Å². The van der Waals surface area contributed by atoms with E-state index in [1.165, 1.54) is 17.0 Å². The molecule has 2 rings (SSSR count). The number of benzene rings is 1. The van der Waals surface area contributed by atoms with Crippen LogP contribution >= 0.6 is 0 Å². The second-order valence-electron chi connectivity index (χ2n) is 5.36. The summed E-state index contributed by atoms with van der Waals surface area (Å²) < 4.78 is 13.3. The van der Waals surface area contributed by atoms with Crippen LogP contribution in [-0.2, 0) is 0 Å². The molecule has 0 radical (unpaired) electrons. The van der Waals surface area contributed by atoms with Gasteiger partial charge in [0.15, 0.2) is 0 Å². The minimum Gasteiger partial charge on any atom is -0.395 e. The van der Waals surface area contributed by atoms with Crippen molar-refractivity contribution in [3.05, 3.63) is 30.1 Å². The van der Waals surface area contributed by atoms with Crippen LogP contribution in [0.5, 0.6) is 0 Å². The van der Waals surface area contributed by atoms with Crippen molar-refractivity contribution in [1.82, 2.24) is 10.2 Å². The summed E-state index contributed by atoms with van der Waals surface area (Å²) >= 11 is 0. The highest BCUT2D eigenvalue weighted by atomic mass is 19.1. The fraction of sp³-hybridized carbons (Fsp3) is 0.533. The molecule has 21 heavy (non-hydrogen) atoms. The molecule has 0 saturated carbocycles. The molecule has 0 aliphatic carbocycles. The Morgan fingerprint density at radius 1 is 1.57 bits per heavy atom. The molecule has 6 heteroatoms. The molecule has 1 aromatic carbocycles. The fourth-order valence-corrected chi connectivity index (χ4v) is 2.54. The van der Waals surface area contributed by atoms with E-state index in [9.17, 15) is 9.18 Å². The largest absolute Gasteiger partial charge is 0.395 e. The van der Waals surface area contributed by atoms with E-state index in [2.05, 4.69) is 10.2 Å². The Kier molecular flexibility index (Phi) is 5.38. The summed E-state index contributed by atoms with van der Waals surface area (Å²) in [5.41, 5.74) is 0.845. The Bertz CT molecular complexity index is 484. The van der Waals surface area contributed by atoms with Crippen molar-refractivity contribution in [2.24, 2.45) is 0 Å². The lowest BCUT2D eigenvalue weighted by atomic mass is 10.0. The predicted molar refractivity (Wildman–Crippen MR) is 79.9 cm³/mol. The number of hydrogen-bond donors (Lipinski definition) is 2. The van der Waals surface area contributed by atoms with Gasteiger partial charge in [0.1, 0.15) is 5.82 Å². The average molecular weight is 295 g/mol. The molecule has 1 aromatic rings. The number of anilines is 1. The molecule has 1 saturated heterocycles. The number of aliphatic hydroxyl groups excluding tert-OH is 1. The van der Waals surface area contributed by atoms with E-state index in [0.29, 0.717) is 13.1 Å². The number of urea groups is 1. The van der Waals surface area contributed by atoms with Crippen molar-refractivity contribution in [1.29, 1.82) is 0 Å². The van der Waals surface area contributed by atoms with Gasteiger partial charge >= 0.3 is 6.03 Å². The highest BCUT2D eigenvalue weighted by Gasteiger charge is 2.22. The van der Waals surface area contributed by atoms with Gasteiger partial charge in [-0.1, -0.05) is 6.07 Å². The minimum absolute atomic E-state index is 0.0376. The molecule has 116 valence electrons. The number of hydrogen-bond acceptors (Lipinski definition) is 3. The lowest BCUT2D eigenvalue weighted by Crippen LogP contribution is -2.51. The van der Waals surface area contributed by atoms with Gasteiger partial charge in [0.2, 0.25) is 0 Å². The van der Waals surface area contributed by atoms with Crippen molar-refractivity contribution in [3.63, 3.8) is 0 Å². The Morgan fingerprint density at radius 2 is 2.38 bits per heavy atom. The van der Waals surface area contributed by atoms with E-state index in [0.717, 1.165) is 25.1 Å². The summed E-state index contributed by atoms with van der Waals surface area (Å²) in [4.78, 5) is 15.5. The zero-order valence-electron chi connectivity index (χ0n) is 12.3. The maximum Gasteiger partial charge on any atom is 0.317 e. The summed E-state index contributed by atoms with van der Waals surface area (Å²) in [6.07, 6.45) is 1.86. The van der Waals surface area contributed by atoms with Gasteiger partial charge in [-0.25, -0.2) is 9.18 Å². The van der Waals surface area contributed by atoms with Crippen molar-refractivity contribution >= 4 is 11.7 Å². The number of rotatable bonds is 4. The molecule has 0 aromatic heterocycles. The van der Waals surface area contributed by atoms with Gasteiger partial charge < -0.3 is 20.2 Å². The van der Waals surface area contributed by atoms with Crippen LogP contribution in [0.15, 0.2) is 24.3 Å². The fourth-order valence-electron chi connectivity index (χ4n) is 2.54. The van der Waals surface area contributed by atoms with Crippen LogP contribution in [0.25, 0.3) is 0 Å². The van der Waals surface area contributed by atoms with E-state index in [4.69, 9.17) is 5.11 Å². The molecule has 1 fully saturated rings. The van der Waals surface area contributed by atoms with Gasteiger partial charge in [-0.2, -0.15) is 0 Å². The van der Waals surface area contributed by atoms with E-state index in [1.54, 1.807) is 13.1 Å². The lowest BCUT2D eigenvalue weighted by Gasteiger charge is -2.35. The van der Waals surface area contributed by atoms with Gasteiger partial charge in [0.05, 0.1) is 6.61 Å². The zero-order chi connectivity index (χ0) is 15.2. The van der Waals surface area contributed by atoms with Crippen LogP contribution in [0.2, 0.25) is 0 Å². The van der Waals surface area contributed by atoms with Gasteiger partial charge in [0.25, 0.3) is 0 Å². The van der Waals surface area contributed by atoms with Crippen LogP contribution in [0.3, 0.4) is 0 Å². The number of carbonyl (C=O) groups excluding carboxylic acids is 1. The van der Waals surface area contributed by atoms with Crippen molar-refractivity contribution < 1.29 is 14.3 Å². The second-order valence-corrected chi connectivity index (χ2v) is 5.36. The predicted octanol–water partition coefficient (Wildman–Crippen LogP) is 1.43. The summed E-state index contributed by atoms with van der Waals surface area (Å²) in [5, 5.41) is 11.8. The molecule has 0 bridgehead atoms. The smallest absolute Gasteiger partial charge is 0.317 e. The molecule has 1 heterocycles. The number of carbonyl (C=O) groups is 1. The first kappa shape index (κ1) is 15.6. The first-order valence-corrected chi connectivity index (χ1v) is 7.23. The van der Waals surface area contributed by atoms with Gasteiger partial charge in [0, 0.05) is 38.4 Å². The van der Waals surface area contributed by atoms with Gasteiger partial charge in [-0.05, 0) is 31.0 Å². The highest BCUT2D eigenvalue weighted by Crippen LogP contribution is 2.20. The first-order valence-electron chi connectivity index (χ1n) is 7.23. The number of nitrogens with one attached hydrogen (secondary N) is 1. The van der Waals surface area contributed by atoms with Gasteiger partial charge in [-0.3, -0.25) is 0 Å². The van der Waals surface area contributed by atoms with E-state index in [1.807, 2.05) is 6.07 Å². The molecular formula is C15H22FN3O2. The number of nitrogens with zero attached hydrogens (tertiary/aromatic N) is 2. The Morgan fingerprint density at radius 3 is 3.10 bits per heavy atom. The Hall–Kier alpha value is -1.82. The SMILES string of the molecule is CN(CCO)C(=O)NC1CCCN(c2cccc(F)c2)C1. The summed E-state index contributed by atoms with van der Waals surface area (Å²) in [6.45, 7) is 1.79. The highest BCUT2D eigenvalue weighted by molar-refractivity contribution is 5.74. The maximum atomic E-state index is 13.3. The number of amides is 2. The molecule has 2 amide bonds. The topological polar surface area (TPSA) is 55.8 Å². The Balaban J connectivity index is 1.93. The molecule has 5 nitrogen and oxygen atoms in total. The summed E-state index contributed by atoms with van der Waals surface area (Å²) in [6, 6.07) is 6.37. The Labute approximate surface area is 124 Å². The van der Waals surface area contributed by atoms with Crippen molar-refractivity contribution in [2.75, 3.05) is 38.2 Å². The van der Waals surface area contributed by atoms with Crippen LogP contribution in [0.1, 0.15) is 12.8 Å². The van der Waals surface area contributed by atoms with Crippen molar-refractivity contribution in [3.8, 4) is 0 Å². The standard InChI is InChI=1S/C15H22FN3O2/c1-18(8-9-20)15(21)17-13-5-3-7-19(11-13)14-6-2-4-12(16)10-14/h2,4,6,10,13,20H,3,5,7-9,11H2,1H3,(H,17,21). The monoisotopic (exact) mass is 295 g/mol. The molecule has 1 aliphatic heterocycles. The summed E-state index contributed by atoms with van der Waals surface area (Å²) in [5.74, 6) is -0.249. The number of halogens is 1. The van der Waals surface area contributed by atoms with Crippen molar-refractivity contribution in [2.45, 2.75) is 18.9 Å². The molecule has 1 atom stereocenters. The zero-order valence-corrected chi connectivity index (χ0v) is 12.3. The third kappa shape index (κ3) is 4.32. The number of likely N-dealkylation sites (N-methyl/N-ethyl adjacent to an activating group) is 1. The molecule has 1 unspecified atom stereocenters. The lowest BCUT2D eigenvalue weighted by molar-refractivity contribution is 0.185. The van der Waals surface area contributed by atoms with E-state index >= 15 is 0 Å². The quantitative estimate of drug-likeness (QED) is 0.883.